The Morgan fingerprint density at radius 3 is 2.23 bits per heavy atom. The Morgan fingerprint density at radius 2 is 1.81 bits per heavy atom. The summed E-state index contributed by atoms with van der Waals surface area (Å²) in [6.07, 6.45) is 1.36. The van der Waals surface area contributed by atoms with Crippen molar-refractivity contribution in [2.24, 2.45) is 16.7 Å². The molecule has 2 rings (SSSR count). The molecule has 7 nitrogen and oxygen atoms in total. The van der Waals surface area contributed by atoms with Crippen LogP contribution in [0.5, 0.6) is 0 Å². The smallest absolute Gasteiger partial charge is 0.274 e. The van der Waals surface area contributed by atoms with E-state index in [-0.39, 0.29) is 23.0 Å². The van der Waals surface area contributed by atoms with Crippen molar-refractivity contribution in [1.29, 1.82) is 0 Å². The van der Waals surface area contributed by atoms with Crippen LogP contribution in [0.3, 0.4) is 0 Å². The predicted molar refractivity (Wildman–Crippen MR) is 98.4 cm³/mol. The molecule has 1 aliphatic rings. The number of amides is 1. The second-order valence-corrected chi connectivity index (χ2v) is 9.40. The fourth-order valence-electron chi connectivity index (χ4n) is 3.90. The summed E-state index contributed by atoms with van der Waals surface area (Å²) in [6.45, 7) is 7.45. The maximum Gasteiger partial charge on any atom is 0.274 e. The number of sulfonamides is 1. The van der Waals surface area contributed by atoms with Crippen LogP contribution in [0.2, 0.25) is 0 Å². The highest BCUT2D eigenvalue weighted by Crippen LogP contribution is 2.57. The van der Waals surface area contributed by atoms with Gasteiger partial charge >= 0.3 is 0 Å². The molecule has 8 heteroatoms. The van der Waals surface area contributed by atoms with Gasteiger partial charge in [-0.2, -0.15) is 0 Å². The maximum atomic E-state index is 12.8. The van der Waals surface area contributed by atoms with Gasteiger partial charge in [-0.15, -0.1) is 0 Å². The lowest BCUT2D eigenvalue weighted by Crippen LogP contribution is -2.47. The highest BCUT2D eigenvalue weighted by atomic mass is 32.2. The Morgan fingerprint density at radius 1 is 1.23 bits per heavy atom. The molecule has 3 N–H and O–H groups in total. The van der Waals surface area contributed by atoms with Gasteiger partial charge in [-0.05, 0) is 55.4 Å². The van der Waals surface area contributed by atoms with E-state index in [9.17, 15) is 18.0 Å². The minimum atomic E-state index is -3.78. The zero-order valence-corrected chi connectivity index (χ0v) is 16.3. The highest BCUT2D eigenvalue weighted by molar-refractivity contribution is 7.92. The summed E-state index contributed by atoms with van der Waals surface area (Å²) in [5, 5.41) is 8.61. The third-order valence-corrected chi connectivity index (χ3v) is 7.52. The average Bonchev–Trinajstić information content (AvgIpc) is 2.78. The molecule has 0 saturated heterocycles. The predicted octanol–water partition coefficient (Wildman–Crippen LogP) is 2.58. The van der Waals surface area contributed by atoms with Crippen molar-refractivity contribution in [2.75, 3.05) is 10.5 Å². The van der Waals surface area contributed by atoms with Crippen molar-refractivity contribution in [2.45, 2.75) is 40.5 Å². The lowest BCUT2D eigenvalue weighted by atomic mass is 9.64. The summed E-state index contributed by atoms with van der Waals surface area (Å²) in [5.41, 5.74) is 0.660. The fraction of sp³-hybridized carbons (Fsp3) is 0.556. The molecule has 144 valence electrons. The number of rotatable bonds is 6. The fourth-order valence-corrected chi connectivity index (χ4v) is 5.84. The molecule has 1 aromatic carbocycles. The second kappa shape index (κ2) is 7.00. The van der Waals surface area contributed by atoms with Gasteiger partial charge in [0.2, 0.25) is 10.0 Å². The van der Waals surface area contributed by atoms with E-state index in [1.165, 1.54) is 36.7 Å². The van der Waals surface area contributed by atoms with E-state index < -0.39 is 26.8 Å². The van der Waals surface area contributed by atoms with Gasteiger partial charge in [0.15, 0.2) is 0 Å². The first-order valence-corrected chi connectivity index (χ1v) is 10.2. The van der Waals surface area contributed by atoms with Crippen LogP contribution in [0.1, 0.15) is 50.9 Å². The monoisotopic (exact) mass is 382 g/mol. The highest BCUT2D eigenvalue weighted by Gasteiger charge is 2.57. The van der Waals surface area contributed by atoms with Crippen molar-refractivity contribution in [3.05, 3.63) is 29.8 Å². The molecule has 1 saturated carbocycles. The van der Waals surface area contributed by atoms with Gasteiger partial charge in [0.25, 0.3) is 5.91 Å². The standard InChI is InChI=1S/C18H26N2O5S/c1-12-9-10-18(13(2)21,17(12,3)4)11-26(24,25)20-15-7-5-14(6-8-15)16(22)19-23/h5-8,12,20,23H,9-11H2,1-4H3,(H,19,22). The minimum absolute atomic E-state index is 0.104. The molecule has 1 amide bonds. The van der Waals surface area contributed by atoms with Crippen LogP contribution >= 0.6 is 0 Å². The minimum Gasteiger partial charge on any atom is -0.299 e. The quantitative estimate of drug-likeness (QED) is 0.517. The summed E-state index contributed by atoms with van der Waals surface area (Å²) < 4.78 is 28.0. The van der Waals surface area contributed by atoms with Crippen molar-refractivity contribution in [1.82, 2.24) is 5.48 Å². The van der Waals surface area contributed by atoms with Crippen LogP contribution in [-0.4, -0.2) is 31.1 Å². The number of hydroxylamine groups is 1. The summed E-state index contributed by atoms with van der Waals surface area (Å²) >= 11 is 0. The largest absolute Gasteiger partial charge is 0.299 e. The summed E-state index contributed by atoms with van der Waals surface area (Å²) in [4.78, 5) is 23.8. The number of anilines is 1. The molecule has 0 aromatic heterocycles. The van der Waals surface area contributed by atoms with Gasteiger partial charge in [0.1, 0.15) is 5.78 Å². The molecule has 0 bridgehead atoms. The normalized spacial score (nSPS) is 24.9. The SMILES string of the molecule is CC(=O)C1(CS(=O)(=O)Nc2ccc(C(=O)NO)cc2)CCC(C)C1(C)C. The van der Waals surface area contributed by atoms with Crippen molar-refractivity contribution >= 4 is 27.4 Å². The van der Waals surface area contributed by atoms with Crippen LogP contribution < -0.4 is 10.2 Å². The number of carbonyl (C=O) groups excluding carboxylic acids is 2. The Kier molecular flexibility index (Phi) is 5.49. The molecule has 0 spiro atoms. The molecule has 1 aliphatic carbocycles. The van der Waals surface area contributed by atoms with E-state index in [4.69, 9.17) is 5.21 Å². The number of hydrogen-bond acceptors (Lipinski definition) is 5. The van der Waals surface area contributed by atoms with Gasteiger partial charge in [-0.25, -0.2) is 13.9 Å². The number of Topliss-reactive ketones (excluding diaryl/α,β-unsaturated/α-hetero) is 1. The molecule has 1 aromatic rings. The van der Waals surface area contributed by atoms with Crippen molar-refractivity contribution in [3.8, 4) is 0 Å². The zero-order valence-electron chi connectivity index (χ0n) is 15.5. The van der Waals surface area contributed by atoms with E-state index in [2.05, 4.69) is 11.6 Å². The zero-order chi connectivity index (χ0) is 19.8. The lowest BCUT2D eigenvalue weighted by Gasteiger charge is -2.41. The Labute approximate surface area is 154 Å². The Bertz CT molecular complexity index is 801. The molecule has 1 fully saturated rings. The van der Waals surface area contributed by atoms with Gasteiger partial charge in [0.05, 0.1) is 5.75 Å². The van der Waals surface area contributed by atoms with Crippen LogP contribution in [0.15, 0.2) is 24.3 Å². The second-order valence-electron chi connectivity index (χ2n) is 7.68. The number of carbonyl (C=O) groups is 2. The van der Waals surface area contributed by atoms with Gasteiger partial charge in [0, 0.05) is 16.7 Å². The number of hydrogen-bond donors (Lipinski definition) is 3. The van der Waals surface area contributed by atoms with E-state index in [0.29, 0.717) is 12.1 Å². The number of benzene rings is 1. The van der Waals surface area contributed by atoms with Crippen molar-refractivity contribution < 1.29 is 23.2 Å². The molecule has 0 heterocycles. The Balaban J connectivity index is 2.25. The van der Waals surface area contributed by atoms with Crippen molar-refractivity contribution in [3.63, 3.8) is 0 Å². The molecule has 2 unspecified atom stereocenters. The summed E-state index contributed by atoms with van der Waals surface area (Å²) in [5.74, 6) is -0.812. The molecular weight excluding hydrogens is 356 g/mol. The first kappa shape index (κ1) is 20.4. The molecule has 0 radical (unpaired) electrons. The first-order chi connectivity index (χ1) is 11.9. The average molecular weight is 382 g/mol. The lowest BCUT2D eigenvalue weighted by molar-refractivity contribution is -0.130. The summed E-state index contributed by atoms with van der Waals surface area (Å²) in [7, 11) is -3.78. The molecule has 2 atom stereocenters. The van der Waals surface area contributed by atoms with E-state index in [1.54, 1.807) is 0 Å². The molecule has 26 heavy (non-hydrogen) atoms. The van der Waals surface area contributed by atoms with Crippen LogP contribution in [0.4, 0.5) is 5.69 Å². The third-order valence-electron chi connectivity index (χ3n) is 6.10. The van der Waals surface area contributed by atoms with Gasteiger partial charge in [-0.1, -0.05) is 20.8 Å². The first-order valence-electron chi connectivity index (χ1n) is 8.51. The van der Waals surface area contributed by atoms with Crippen LogP contribution in [0, 0.1) is 16.7 Å². The molecule has 0 aliphatic heterocycles. The van der Waals surface area contributed by atoms with E-state index >= 15 is 0 Å². The van der Waals surface area contributed by atoms with E-state index in [0.717, 1.165) is 6.42 Å². The van der Waals surface area contributed by atoms with Gasteiger partial charge < -0.3 is 0 Å². The Hall–Kier alpha value is -1.93. The third kappa shape index (κ3) is 3.61. The topological polar surface area (TPSA) is 113 Å². The van der Waals surface area contributed by atoms with Crippen LogP contribution in [-0.2, 0) is 14.8 Å². The molecular formula is C18H26N2O5S. The van der Waals surface area contributed by atoms with Crippen LogP contribution in [0.25, 0.3) is 0 Å². The van der Waals surface area contributed by atoms with E-state index in [1.807, 2.05) is 13.8 Å². The van der Waals surface area contributed by atoms with Gasteiger partial charge in [-0.3, -0.25) is 19.5 Å². The maximum absolute atomic E-state index is 12.8. The number of ketones is 1. The number of nitrogens with one attached hydrogen (secondary N) is 2. The summed E-state index contributed by atoms with van der Waals surface area (Å²) in [6, 6.07) is 5.66.